The maximum Gasteiger partial charge on any atom is 0.307 e. The van der Waals surface area contributed by atoms with Crippen molar-refractivity contribution in [1.82, 2.24) is 9.88 Å². The highest BCUT2D eigenvalue weighted by Gasteiger charge is 2.44. The molecular formula is C50H61FN4O12. The van der Waals surface area contributed by atoms with Crippen LogP contribution in [0.2, 0.25) is 0 Å². The van der Waals surface area contributed by atoms with Gasteiger partial charge in [0.15, 0.2) is 22.4 Å². The number of fused-ring (bicyclic) bond motifs is 2. The summed E-state index contributed by atoms with van der Waals surface area (Å²) in [6.45, 7) is 13.7. The maximum atomic E-state index is 15.4. The number of allylic oxidation sites excluding steroid dienone is 3. The minimum absolute atomic E-state index is 0.0142. The van der Waals surface area contributed by atoms with E-state index in [0.717, 1.165) is 0 Å². The first-order valence-electron chi connectivity index (χ1n) is 22.6. The second-order valence-corrected chi connectivity index (χ2v) is 18.8. The van der Waals surface area contributed by atoms with Crippen molar-refractivity contribution in [3.05, 3.63) is 79.5 Å². The largest absolute Gasteiger partial charge is 0.507 e. The number of aliphatic hydroxyl groups is 2. The van der Waals surface area contributed by atoms with Gasteiger partial charge in [-0.15, -0.1) is 0 Å². The number of halogens is 1. The molecule has 0 aliphatic carbocycles. The number of rotatable bonds is 4. The lowest BCUT2D eigenvalue weighted by atomic mass is 9.79. The number of alkyl halides is 1. The zero-order valence-corrected chi connectivity index (χ0v) is 39.8. The fourth-order valence-electron chi connectivity index (χ4n) is 9.83. The summed E-state index contributed by atoms with van der Waals surface area (Å²) >= 11 is 0. The molecule has 16 nitrogen and oxygen atoms in total. The van der Waals surface area contributed by atoms with Crippen LogP contribution in [0.4, 0.5) is 15.8 Å². The van der Waals surface area contributed by atoms with Crippen molar-refractivity contribution in [2.45, 2.75) is 105 Å². The molecule has 3 aromatic carbocycles. The number of amides is 1. The van der Waals surface area contributed by atoms with Crippen LogP contribution in [-0.4, -0.2) is 108 Å². The Kier molecular flexibility index (Phi) is 13.8. The number of nitrogens with zero attached hydrogens (tertiary/aromatic N) is 3. The summed E-state index contributed by atoms with van der Waals surface area (Å²) in [4.78, 5) is 63.6. The molecule has 2 unspecified atom stereocenters. The van der Waals surface area contributed by atoms with Gasteiger partial charge in [-0.2, -0.15) is 0 Å². The van der Waals surface area contributed by atoms with E-state index in [0.29, 0.717) is 25.1 Å². The van der Waals surface area contributed by atoms with Crippen molar-refractivity contribution in [3.63, 3.8) is 0 Å². The van der Waals surface area contributed by atoms with Crippen molar-refractivity contribution in [3.8, 4) is 11.5 Å². The third kappa shape index (κ3) is 9.08. The highest BCUT2D eigenvalue weighted by Crippen LogP contribution is 2.42. The topological polar surface area (TPSA) is 210 Å². The third-order valence-corrected chi connectivity index (χ3v) is 13.7. The number of piperidine rings is 1. The van der Waals surface area contributed by atoms with E-state index in [2.05, 4.69) is 5.32 Å². The average molecular weight is 929 g/mol. The number of phenols is 1. The minimum atomic E-state index is -1.98. The molecule has 4 bridgehead atoms. The standard InChI is InChI=1S/C50H61FN4O12/c1-23-13-12-14-24(2)49(62)53-41-44(60)37-36(40-47(41)66-35-21-30(20-33(57)39(35)52-40)55-17-15-32(54(9)10)31(51)22-55)38-46(28(6)43(37)59)67-50(8,48(38)61)64-18-16-34(63-11)26(4)45(65-29(7)56)27(5)42(58)25(3)19-23/h12-14,16,18,20-21,23,25-27,31-32,34,42,45,58-59,61H,15,17,19,22H2,1-11H3,(H,53,62)/b13-12+,18-16+,24-14-/t23-,25+,26+,27+,31?,32?,34-,42+,45+,50-/m0/s1. The van der Waals surface area contributed by atoms with Crippen molar-refractivity contribution in [1.29, 1.82) is 0 Å². The summed E-state index contributed by atoms with van der Waals surface area (Å²) in [5.41, 5.74) is -1.93. The van der Waals surface area contributed by atoms with Gasteiger partial charge in [0.1, 0.15) is 35.0 Å². The maximum absolute atomic E-state index is 15.4. The number of esters is 1. The lowest BCUT2D eigenvalue weighted by molar-refractivity contribution is -0.159. The van der Waals surface area contributed by atoms with E-state index in [1.165, 1.54) is 46.3 Å². The van der Waals surface area contributed by atoms with Crippen LogP contribution in [0.25, 0.3) is 38.7 Å². The first-order valence-corrected chi connectivity index (χ1v) is 22.6. The molecule has 7 rings (SSSR count). The number of hydrogen-bond acceptors (Lipinski definition) is 15. The van der Waals surface area contributed by atoms with E-state index in [1.54, 1.807) is 30.1 Å². The van der Waals surface area contributed by atoms with E-state index in [-0.39, 0.29) is 79.5 Å². The number of hydrogen-bond donors (Lipinski definition) is 4. The fraction of sp³-hybridized carbons (Fsp3) is 0.500. The number of nitrogens with one attached hydrogen (secondary N) is 1. The predicted molar refractivity (Wildman–Crippen MR) is 253 cm³/mol. The number of aromatic hydroxyl groups is 1. The van der Waals surface area contributed by atoms with Gasteiger partial charge in [-0.25, -0.2) is 9.37 Å². The number of phenolic OH excluding ortho intramolecular Hbond substituents is 1. The quantitative estimate of drug-likeness (QED) is 0.104. The molecule has 3 aliphatic heterocycles. The summed E-state index contributed by atoms with van der Waals surface area (Å²) in [7, 11) is 5.10. The van der Waals surface area contributed by atoms with Crippen LogP contribution in [0.1, 0.15) is 66.9 Å². The number of carbonyl (C=O) groups is 2. The van der Waals surface area contributed by atoms with Gasteiger partial charge in [-0.3, -0.25) is 19.2 Å². The van der Waals surface area contributed by atoms with Gasteiger partial charge in [0.25, 0.3) is 5.91 Å². The Bertz CT molecular complexity index is 2900. The monoisotopic (exact) mass is 928 g/mol. The molecule has 360 valence electrons. The summed E-state index contributed by atoms with van der Waals surface area (Å²) < 4.78 is 45.9. The Morgan fingerprint density at radius 2 is 1.76 bits per heavy atom. The molecule has 17 heteroatoms. The Morgan fingerprint density at radius 1 is 1.04 bits per heavy atom. The van der Waals surface area contributed by atoms with Crippen LogP contribution in [0.15, 0.2) is 62.3 Å². The first-order chi connectivity index (χ1) is 31.6. The lowest BCUT2D eigenvalue weighted by Gasteiger charge is -2.38. The number of anilines is 2. The van der Waals surface area contributed by atoms with Gasteiger partial charge in [-0.05, 0) is 58.7 Å². The number of aromatic nitrogens is 1. The number of aliphatic hydroxyl groups excluding tert-OH is 2. The third-order valence-electron chi connectivity index (χ3n) is 13.7. The highest BCUT2D eigenvalue weighted by molar-refractivity contribution is 6.16. The highest BCUT2D eigenvalue weighted by atomic mass is 19.1. The second-order valence-electron chi connectivity index (χ2n) is 18.8. The van der Waals surface area contributed by atoms with Gasteiger partial charge in [0.2, 0.25) is 10.9 Å². The Balaban J connectivity index is 1.47. The predicted octanol–water partition coefficient (Wildman–Crippen LogP) is 6.07. The smallest absolute Gasteiger partial charge is 0.307 e. The van der Waals surface area contributed by atoms with Crippen molar-refractivity contribution in [2.24, 2.45) is 23.7 Å². The number of ether oxygens (including phenoxy) is 4. The van der Waals surface area contributed by atoms with Crippen molar-refractivity contribution >= 4 is 62.0 Å². The lowest BCUT2D eigenvalue weighted by Crippen LogP contribution is -2.50. The number of carbonyl (C=O) groups excluding carboxylic acids is 2. The average Bonchev–Trinajstić information content (AvgIpc) is 3.54. The zero-order chi connectivity index (χ0) is 49.0. The molecule has 1 aromatic heterocycles. The summed E-state index contributed by atoms with van der Waals surface area (Å²) in [5, 5.41) is 37.7. The van der Waals surface area contributed by atoms with Crippen LogP contribution in [0.5, 0.6) is 11.5 Å². The molecule has 0 radical (unpaired) electrons. The Morgan fingerprint density at radius 3 is 2.42 bits per heavy atom. The summed E-state index contributed by atoms with van der Waals surface area (Å²) in [6.07, 6.45) is 5.32. The van der Waals surface area contributed by atoms with E-state index in [4.69, 9.17) is 28.3 Å². The zero-order valence-electron chi connectivity index (χ0n) is 39.8. The van der Waals surface area contributed by atoms with E-state index < -0.39 is 82.0 Å². The van der Waals surface area contributed by atoms with E-state index >= 15 is 4.39 Å². The molecule has 4 N–H and O–H groups in total. The molecule has 0 spiro atoms. The molecule has 4 aromatic rings. The second kappa shape index (κ2) is 18.9. The molecule has 3 aliphatic rings. The molecule has 1 saturated heterocycles. The van der Waals surface area contributed by atoms with Gasteiger partial charge in [0.05, 0.1) is 35.6 Å². The normalized spacial score (nSPS) is 30.6. The van der Waals surface area contributed by atoms with Gasteiger partial charge in [0, 0.05) is 79.7 Å². The van der Waals surface area contributed by atoms with Gasteiger partial charge >= 0.3 is 11.8 Å². The number of methoxy groups -OCH3 is 1. The Hall–Kier alpha value is -6.04. The molecule has 67 heavy (non-hydrogen) atoms. The van der Waals surface area contributed by atoms with Crippen LogP contribution in [0, 0.1) is 30.6 Å². The van der Waals surface area contributed by atoms with Crippen LogP contribution >= 0.6 is 0 Å². The van der Waals surface area contributed by atoms with Crippen molar-refractivity contribution in [2.75, 3.05) is 44.5 Å². The minimum Gasteiger partial charge on any atom is -0.507 e. The van der Waals surface area contributed by atoms with Crippen LogP contribution in [-0.2, 0) is 23.8 Å². The number of benzene rings is 3. The van der Waals surface area contributed by atoms with Crippen molar-refractivity contribution < 1.29 is 52.7 Å². The van der Waals surface area contributed by atoms with Gasteiger partial charge < -0.3 is 53.8 Å². The van der Waals surface area contributed by atoms with E-state index in [1.807, 2.05) is 52.8 Å². The van der Waals surface area contributed by atoms with E-state index in [9.17, 15) is 34.5 Å². The molecule has 10 atom stereocenters. The molecular weight excluding hydrogens is 868 g/mol. The van der Waals surface area contributed by atoms with Crippen LogP contribution < -0.4 is 31.0 Å². The fourth-order valence-corrected chi connectivity index (χ4v) is 9.83. The summed E-state index contributed by atoms with van der Waals surface area (Å²) in [6, 6.07) is 2.56. The Labute approximate surface area is 387 Å². The molecule has 4 heterocycles. The molecule has 1 fully saturated rings. The van der Waals surface area contributed by atoms with Crippen LogP contribution in [0.3, 0.4) is 0 Å². The SMILES string of the molecule is CO[C@H]1/C=C/O[C@@]2(C)Oc3c(C)c(O)c4c(=O)c(c5oc6cc(N7CCC(N(C)C)C(F)C7)cc(=O)c6nc5c4c3=C2O)NC(=O)/C(C)=C\C=C\[C@H](C)C[C@@H](C)[C@@H](O)[C@@H](C)[C@H](OC(C)=O)[C@@H]1C. The summed E-state index contributed by atoms with van der Waals surface area (Å²) in [5.74, 6) is -5.75. The molecule has 1 amide bonds. The van der Waals surface area contributed by atoms with Gasteiger partial charge in [-0.1, -0.05) is 45.9 Å². The molecule has 0 saturated carbocycles. The first kappa shape index (κ1) is 48.9.